The normalized spacial score (nSPS) is 27.8. The summed E-state index contributed by atoms with van der Waals surface area (Å²) < 4.78 is 0. The summed E-state index contributed by atoms with van der Waals surface area (Å²) in [5, 5.41) is 17.3. The fraction of sp³-hybridized carbons (Fsp3) is 0.800. The van der Waals surface area contributed by atoms with Gasteiger partial charge in [0, 0.05) is 19.5 Å². The van der Waals surface area contributed by atoms with Crippen LogP contribution in [-0.4, -0.2) is 23.9 Å². The van der Waals surface area contributed by atoms with E-state index in [2.05, 4.69) is 12.1 Å². The number of nitriles is 2. The summed E-state index contributed by atoms with van der Waals surface area (Å²) >= 11 is 0. The van der Waals surface area contributed by atoms with Crippen LogP contribution in [0.3, 0.4) is 0 Å². The quantitative estimate of drug-likeness (QED) is 0.735. The highest BCUT2D eigenvalue weighted by atomic mass is 16.2. The van der Waals surface area contributed by atoms with Crippen molar-refractivity contribution in [2.45, 2.75) is 44.9 Å². The van der Waals surface area contributed by atoms with Crippen LogP contribution in [0.2, 0.25) is 0 Å². The monoisotopic (exact) mass is 259 g/mol. The Morgan fingerprint density at radius 1 is 1.11 bits per heavy atom. The first-order valence-electron chi connectivity index (χ1n) is 7.26. The van der Waals surface area contributed by atoms with E-state index in [0.29, 0.717) is 38.3 Å². The first-order valence-corrected chi connectivity index (χ1v) is 7.26. The van der Waals surface area contributed by atoms with Crippen LogP contribution >= 0.6 is 0 Å². The van der Waals surface area contributed by atoms with E-state index in [0.717, 1.165) is 11.8 Å². The zero-order valence-corrected chi connectivity index (χ0v) is 11.3. The number of nitrogens with zero attached hydrogens (tertiary/aromatic N) is 3. The van der Waals surface area contributed by atoms with E-state index in [1.165, 1.54) is 25.7 Å². The molecule has 2 rings (SSSR count). The first-order chi connectivity index (χ1) is 9.24. The summed E-state index contributed by atoms with van der Waals surface area (Å²) in [6.07, 6.45) is 6.50. The fourth-order valence-corrected chi connectivity index (χ4v) is 3.71. The van der Waals surface area contributed by atoms with E-state index in [-0.39, 0.29) is 5.91 Å². The average molecular weight is 259 g/mol. The van der Waals surface area contributed by atoms with Gasteiger partial charge in [0.15, 0.2) is 0 Å². The second kappa shape index (κ2) is 6.57. The molecule has 0 radical (unpaired) electrons. The fourth-order valence-electron chi connectivity index (χ4n) is 3.71. The van der Waals surface area contributed by atoms with E-state index in [1.807, 2.05) is 0 Å². The van der Waals surface area contributed by atoms with Crippen LogP contribution in [0.25, 0.3) is 0 Å². The zero-order valence-electron chi connectivity index (χ0n) is 11.3. The van der Waals surface area contributed by atoms with Crippen LogP contribution in [0.4, 0.5) is 0 Å². The number of hydrogen-bond donors (Lipinski definition) is 0. The van der Waals surface area contributed by atoms with E-state index in [4.69, 9.17) is 10.5 Å². The average Bonchev–Trinajstić information content (AvgIpc) is 3.01. The standard InChI is InChI=1S/C15H21N3O/c16-5-1-7-18(8-2-6-17)15(19)11-14-10-12-3-4-13(14)9-12/h12-14H,1-4,7-11H2. The minimum atomic E-state index is 0.142. The lowest BCUT2D eigenvalue weighted by Crippen LogP contribution is -2.34. The molecule has 19 heavy (non-hydrogen) atoms. The maximum Gasteiger partial charge on any atom is 0.222 e. The Bertz CT molecular complexity index is 389. The summed E-state index contributed by atoms with van der Waals surface area (Å²) in [6.45, 7) is 0.940. The van der Waals surface area contributed by atoms with Crippen molar-refractivity contribution in [1.29, 1.82) is 10.5 Å². The van der Waals surface area contributed by atoms with Gasteiger partial charge in [0.2, 0.25) is 5.91 Å². The molecule has 4 heteroatoms. The maximum absolute atomic E-state index is 12.3. The molecule has 1 amide bonds. The predicted molar refractivity (Wildman–Crippen MR) is 70.6 cm³/mol. The van der Waals surface area contributed by atoms with E-state index >= 15 is 0 Å². The molecule has 2 aliphatic rings. The molecule has 0 saturated heterocycles. The largest absolute Gasteiger partial charge is 0.341 e. The van der Waals surface area contributed by atoms with Gasteiger partial charge < -0.3 is 4.90 Å². The van der Waals surface area contributed by atoms with E-state index in [9.17, 15) is 4.79 Å². The van der Waals surface area contributed by atoms with E-state index in [1.54, 1.807) is 4.90 Å². The molecule has 0 heterocycles. The third-order valence-corrected chi connectivity index (χ3v) is 4.66. The molecular formula is C15H21N3O. The number of amides is 1. The molecule has 0 aliphatic heterocycles. The number of hydrogen-bond acceptors (Lipinski definition) is 3. The highest BCUT2D eigenvalue weighted by molar-refractivity contribution is 5.76. The molecule has 3 unspecified atom stereocenters. The summed E-state index contributed by atoms with van der Waals surface area (Å²) in [7, 11) is 0. The van der Waals surface area contributed by atoms with Crippen LogP contribution in [0, 0.1) is 40.4 Å². The smallest absolute Gasteiger partial charge is 0.222 e. The molecule has 2 saturated carbocycles. The molecule has 2 aliphatic carbocycles. The Morgan fingerprint density at radius 2 is 1.79 bits per heavy atom. The second-order valence-corrected chi connectivity index (χ2v) is 5.84. The lowest BCUT2D eigenvalue weighted by atomic mass is 9.86. The van der Waals surface area contributed by atoms with Crippen molar-refractivity contribution in [3.63, 3.8) is 0 Å². The third-order valence-electron chi connectivity index (χ3n) is 4.66. The SMILES string of the molecule is N#CCCN(CCC#N)C(=O)CC1CC2CCC1C2. The van der Waals surface area contributed by atoms with Gasteiger partial charge in [0.1, 0.15) is 0 Å². The lowest BCUT2D eigenvalue weighted by Gasteiger charge is -2.26. The van der Waals surface area contributed by atoms with Crippen molar-refractivity contribution in [3.05, 3.63) is 0 Å². The highest BCUT2D eigenvalue weighted by Crippen LogP contribution is 2.49. The third kappa shape index (κ3) is 3.47. The molecule has 2 bridgehead atoms. The van der Waals surface area contributed by atoms with Crippen molar-refractivity contribution in [3.8, 4) is 12.1 Å². The van der Waals surface area contributed by atoms with Crippen LogP contribution in [0.1, 0.15) is 44.9 Å². The van der Waals surface area contributed by atoms with Crippen molar-refractivity contribution >= 4 is 5.91 Å². The Balaban J connectivity index is 1.84. The molecule has 0 aromatic carbocycles. The Morgan fingerprint density at radius 3 is 2.26 bits per heavy atom. The van der Waals surface area contributed by atoms with Crippen LogP contribution in [-0.2, 0) is 4.79 Å². The molecular weight excluding hydrogens is 238 g/mol. The minimum absolute atomic E-state index is 0.142. The summed E-state index contributed by atoms with van der Waals surface area (Å²) in [6, 6.07) is 4.15. The van der Waals surface area contributed by atoms with Crippen molar-refractivity contribution in [2.75, 3.05) is 13.1 Å². The molecule has 0 aromatic rings. The van der Waals surface area contributed by atoms with Crippen LogP contribution < -0.4 is 0 Å². The van der Waals surface area contributed by atoms with Gasteiger partial charge in [-0.1, -0.05) is 6.42 Å². The number of carbonyl (C=O) groups excluding carboxylic acids is 1. The molecule has 4 nitrogen and oxygen atoms in total. The van der Waals surface area contributed by atoms with Gasteiger partial charge in [-0.05, 0) is 37.0 Å². The topological polar surface area (TPSA) is 67.9 Å². The number of rotatable bonds is 6. The summed E-state index contributed by atoms with van der Waals surface area (Å²) in [5.41, 5.74) is 0. The van der Waals surface area contributed by atoms with E-state index < -0.39 is 0 Å². The zero-order chi connectivity index (χ0) is 13.7. The Hall–Kier alpha value is -1.55. The summed E-state index contributed by atoms with van der Waals surface area (Å²) in [4.78, 5) is 14.0. The Kier molecular flexibility index (Phi) is 4.80. The van der Waals surface area contributed by atoms with Gasteiger partial charge in [-0.25, -0.2) is 0 Å². The predicted octanol–water partition coefficient (Wildman–Crippen LogP) is 2.47. The van der Waals surface area contributed by atoms with Gasteiger partial charge in [-0.2, -0.15) is 10.5 Å². The van der Waals surface area contributed by atoms with Crippen molar-refractivity contribution in [2.24, 2.45) is 17.8 Å². The molecule has 0 N–H and O–H groups in total. The second-order valence-electron chi connectivity index (χ2n) is 5.84. The van der Waals surface area contributed by atoms with Gasteiger partial charge in [0.25, 0.3) is 0 Å². The number of carbonyl (C=O) groups is 1. The number of fused-ring (bicyclic) bond motifs is 2. The molecule has 0 aromatic heterocycles. The Labute approximate surface area is 115 Å². The maximum atomic E-state index is 12.3. The minimum Gasteiger partial charge on any atom is -0.341 e. The molecule has 102 valence electrons. The van der Waals surface area contributed by atoms with Gasteiger partial charge in [-0.15, -0.1) is 0 Å². The van der Waals surface area contributed by atoms with Crippen LogP contribution in [0.15, 0.2) is 0 Å². The van der Waals surface area contributed by atoms with Gasteiger partial charge in [0.05, 0.1) is 25.0 Å². The van der Waals surface area contributed by atoms with Gasteiger partial charge in [-0.3, -0.25) is 4.79 Å². The first kappa shape index (κ1) is 13.9. The molecule has 2 fully saturated rings. The van der Waals surface area contributed by atoms with Crippen LogP contribution in [0.5, 0.6) is 0 Å². The van der Waals surface area contributed by atoms with Crippen molar-refractivity contribution in [1.82, 2.24) is 4.90 Å². The van der Waals surface area contributed by atoms with Gasteiger partial charge >= 0.3 is 0 Å². The van der Waals surface area contributed by atoms with Crippen molar-refractivity contribution < 1.29 is 4.79 Å². The highest BCUT2D eigenvalue weighted by Gasteiger charge is 2.40. The summed E-state index contributed by atoms with van der Waals surface area (Å²) in [5.74, 6) is 2.30. The molecule has 3 atom stereocenters. The molecule has 0 spiro atoms. The lowest BCUT2D eigenvalue weighted by molar-refractivity contribution is -0.132.